The Balaban J connectivity index is 1.47. The number of hydrogen-bond donors (Lipinski definition) is 1. The van der Waals surface area contributed by atoms with Crippen LogP contribution in [-0.4, -0.2) is 45.6 Å². The standard InChI is InChI=1S/C13H23N5/c1-17-9-12(15-16-17)10-18-7-4-11(5-8-18)13-3-2-6-14-13/h9,11,13-14H,2-8,10H2,1H3. The van der Waals surface area contributed by atoms with Gasteiger partial charge in [-0.2, -0.15) is 0 Å². The molecule has 1 unspecified atom stereocenters. The monoisotopic (exact) mass is 249 g/mol. The van der Waals surface area contributed by atoms with E-state index in [1.807, 2.05) is 13.2 Å². The minimum Gasteiger partial charge on any atom is -0.314 e. The fourth-order valence-corrected chi connectivity index (χ4v) is 3.32. The van der Waals surface area contributed by atoms with Crippen LogP contribution in [0.15, 0.2) is 6.20 Å². The van der Waals surface area contributed by atoms with Crippen molar-refractivity contribution in [3.05, 3.63) is 11.9 Å². The molecular formula is C13H23N5. The number of aromatic nitrogens is 3. The molecule has 0 radical (unpaired) electrons. The van der Waals surface area contributed by atoms with Crippen LogP contribution in [-0.2, 0) is 13.6 Å². The first-order chi connectivity index (χ1) is 8.81. The van der Waals surface area contributed by atoms with Crippen molar-refractivity contribution in [1.82, 2.24) is 25.2 Å². The smallest absolute Gasteiger partial charge is 0.0966 e. The van der Waals surface area contributed by atoms with Crippen LogP contribution in [0.1, 0.15) is 31.4 Å². The first-order valence-corrected chi connectivity index (χ1v) is 7.12. The summed E-state index contributed by atoms with van der Waals surface area (Å²) in [5.74, 6) is 0.894. The molecule has 0 aromatic carbocycles. The number of hydrogen-bond acceptors (Lipinski definition) is 4. The van der Waals surface area contributed by atoms with Crippen LogP contribution >= 0.6 is 0 Å². The summed E-state index contributed by atoms with van der Waals surface area (Å²) in [6.45, 7) is 4.60. The van der Waals surface area contributed by atoms with Gasteiger partial charge in [-0.1, -0.05) is 5.21 Å². The second kappa shape index (κ2) is 5.36. The van der Waals surface area contributed by atoms with E-state index < -0.39 is 0 Å². The molecule has 0 bridgehead atoms. The zero-order valence-corrected chi connectivity index (χ0v) is 11.2. The van der Waals surface area contributed by atoms with E-state index in [-0.39, 0.29) is 0 Å². The van der Waals surface area contributed by atoms with Crippen molar-refractivity contribution in [3.63, 3.8) is 0 Å². The van der Waals surface area contributed by atoms with Gasteiger partial charge in [0.15, 0.2) is 0 Å². The maximum Gasteiger partial charge on any atom is 0.0966 e. The lowest BCUT2D eigenvalue weighted by molar-refractivity contribution is 0.156. The van der Waals surface area contributed by atoms with Gasteiger partial charge in [-0.15, -0.1) is 5.10 Å². The van der Waals surface area contributed by atoms with E-state index in [1.54, 1.807) is 4.68 Å². The molecule has 2 fully saturated rings. The number of piperidine rings is 1. The summed E-state index contributed by atoms with van der Waals surface area (Å²) in [6, 6.07) is 0.795. The third-order valence-corrected chi connectivity index (χ3v) is 4.34. The number of nitrogens with one attached hydrogen (secondary N) is 1. The van der Waals surface area contributed by atoms with E-state index >= 15 is 0 Å². The van der Waals surface area contributed by atoms with Gasteiger partial charge < -0.3 is 5.32 Å². The molecule has 1 N–H and O–H groups in total. The molecule has 3 heterocycles. The molecule has 2 saturated heterocycles. The van der Waals surface area contributed by atoms with Crippen molar-refractivity contribution < 1.29 is 0 Å². The number of nitrogens with zero attached hydrogens (tertiary/aromatic N) is 4. The van der Waals surface area contributed by atoms with E-state index in [9.17, 15) is 0 Å². The minimum atomic E-state index is 0.795. The molecule has 100 valence electrons. The van der Waals surface area contributed by atoms with E-state index in [4.69, 9.17) is 0 Å². The predicted molar refractivity (Wildman–Crippen MR) is 70.0 cm³/mol. The van der Waals surface area contributed by atoms with Crippen molar-refractivity contribution >= 4 is 0 Å². The number of rotatable bonds is 3. The number of likely N-dealkylation sites (tertiary alicyclic amines) is 1. The minimum absolute atomic E-state index is 0.795. The quantitative estimate of drug-likeness (QED) is 0.860. The van der Waals surface area contributed by atoms with Crippen LogP contribution < -0.4 is 5.32 Å². The summed E-state index contributed by atoms with van der Waals surface area (Å²) < 4.78 is 1.78. The highest BCUT2D eigenvalue weighted by Crippen LogP contribution is 2.26. The van der Waals surface area contributed by atoms with Gasteiger partial charge in [-0.3, -0.25) is 9.58 Å². The maximum atomic E-state index is 4.17. The van der Waals surface area contributed by atoms with E-state index in [2.05, 4.69) is 20.5 Å². The summed E-state index contributed by atoms with van der Waals surface area (Å²) in [6.07, 6.45) is 7.43. The summed E-state index contributed by atoms with van der Waals surface area (Å²) in [5.41, 5.74) is 1.09. The summed E-state index contributed by atoms with van der Waals surface area (Å²) in [7, 11) is 1.93. The third-order valence-electron chi connectivity index (χ3n) is 4.34. The molecule has 2 aliphatic rings. The summed E-state index contributed by atoms with van der Waals surface area (Å²) in [4.78, 5) is 2.51. The number of aryl methyl sites for hydroxylation is 1. The van der Waals surface area contributed by atoms with Crippen molar-refractivity contribution in [2.24, 2.45) is 13.0 Å². The lowest BCUT2D eigenvalue weighted by Gasteiger charge is -2.34. The van der Waals surface area contributed by atoms with Crippen molar-refractivity contribution in [1.29, 1.82) is 0 Å². The van der Waals surface area contributed by atoms with Crippen LogP contribution in [0.2, 0.25) is 0 Å². The molecule has 0 saturated carbocycles. The lowest BCUT2D eigenvalue weighted by atomic mass is 9.88. The Morgan fingerprint density at radius 2 is 2.17 bits per heavy atom. The molecule has 1 aromatic heterocycles. The average Bonchev–Trinajstić information content (AvgIpc) is 3.02. The van der Waals surface area contributed by atoms with Crippen molar-refractivity contribution in [2.75, 3.05) is 19.6 Å². The molecule has 5 nitrogen and oxygen atoms in total. The predicted octanol–water partition coefficient (Wildman–Crippen LogP) is 0.779. The second-order valence-corrected chi connectivity index (χ2v) is 5.70. The Hall–Kier alpha value is -0.940. The van der Waals surface area contributed by atoms with Gasteiger partial charge in [0.2, 0.25) is 0 Å². The van der Waals surface area contributed by atoms with Crippen LogP contribution in [0.5, 0.6) is 0 Å². The summed E-state index contributed by atoms with van der Waals surface area (Å²) in [5, 5.41) is 11.8. The molecule has 5 heteroatoms. The molecular weight excluding hydrogens is 226 g/mol. The molecule has 1 aromatic rings. The molecule has 0 spiro atoms. The normalized spacial score (nSPS) is 26.8. The average molecular weight is 249 g/mol. The fraction of sp³-hybridized carbons (Fsp3) is 0.846. The van der Waals surface area contributed by atoms with Crippen LogP contribution in [0, 0.1) is 5.92 Å². The van der Waals surface area contributed by atoms with Gasteiger partial charge in [-0.05, 0) is 51.2 Å². The highest BCUT2D eigenvalue weighted by Gasteiger charge is 2.28. The van der Waals surface area contributed by atoms with Crippen molar-refractivity contribution in [3.8, 4) is 0 Å². The molecule has 2 aliphatic heterocycles. The topological polar surface area (TPSA) is 46.0 Å². The van der Waals surface area contributed by atoms with E-state index in [1.165, 1.54) is 45.3 Å². The Morgan fingerprint density at radius 3 is 2.78 bits per heavy atom. The maximum absolute atomic E-state index is 4.17. The molecule has 1 atom stereocenters. The van der Waals surface area contributed by atoms with Crippen LogP contribution in [0.25, 0.3) is 0 Å². The Bertz CT molecular complexity index is 374. The highest BCUT2D eigenvalue weighted by atomic mass is 15.4. The van der Waals surface area contributed by atoms with Crippen LogP contribution in [0.4, 0.5) is 0 Å². The first kappa shape index (κ1) is 12.1. The third kappa shape index (κ3) is 2.72. The van der Waals surface area contributed by atoms with Gasteiger partial charge in [0, 0.05) is 25.8 Å². The first-order valence-electron chi connectivity index (χ1n) is 7.12. The Labute approximate surface area is 109 Å². The van der Waals surface area contributed by atoms with E-state index in [0.717, 1.165) is 24.2 Å². The lowest BCUT2D eigenvalue weighted by Crippen LogP contribution is -2.40. The molecule has 0 amide bonds. The highest BCUT2D eigenvalue weighted by molar-refractivity contribution is 4.93. The van der Waals surface area contributed by atoms with Crippen LogP contribution in [0.3, 0.4) is 0 Å². The zero-order chi connectivity index (χ0) is 12.4. The molecule has 0 aliphatic carbocycles. The zero-order valence-electron chi connectivity index (χ0n) is 11.2. The van der Waals surface area contributed by atoms with Gasteiger partial charge in [-0.25, -0.2) is 0 Å². The fourth-order valence-electron chi connectivity index (χ4n) is 3.32. The largest absolute Gasteiger partial charge is 0.314 e. The summed E-state index contributed by atoms with van der Waals surface area (Å²) >= 11 is 0. The Morgan fingerprint density at radius 1 is 1.33 bits per heavy atom. The SMILES string of the molecule is Cn1cc(CN2CCC(C3CCCN3)CC2)nn1. The van der Waals surface area contributed by atoms with Gasteiger partial charge >= 0.3 is 0 Å². The van der Waals surface area contributed by atoms with E-state index in [0.29, 0.717) is 0 Å². The van der Waals surface area contributed by atoms with Gasteiger partial charge in [0.05, 0.1) is 5.69 Å². The van der Waals surface area contributed by atoms with Gasteiger partial charge in [0.1, 0.15) is 0 Å². The van der Waals surface area contributed by atoms with Gasteiger partial charge in [0.25, 0.3) is 0 Å². The Kier molecular flexibility index (Phi) is 3.61. The second-order valence-electron chi connectivity index (χ2n) is 5.70. The molecule has 18 heavy (non-hydrogen) atoms. The van der Waals surface area contributed by atoms with Crippen molar-refractivity contribution in [2.45, 2.75) is 38.3 Å². The molecule has 3 rings (SSSR count).